The molecule has 0 heterocycles. The molecular weight excluding hydrogens is 168 g/mol. The Morgan fingerprint density at radius 2 is 2.14 bits per heavy atom. The summed E-state index contributed by atoms with van der Waals surface area (Å²) in [6.07, 6.45) is 14.0. The molecule has 0 N–H and O–H groups in total. The van der Waals surface area contributed by atoms with Crippen LogP contribution in [-0.4, -0.2) is 0 Å². The zero-order valence-corrected chi connectivity index (χ0v) is 9.92. The maximum absolute atomic E-state index is 2.43. The Morgan fingerprint density at radius 1 is 1.36 bits per heavy atom. The highest BCUT2D eigenvalue weighted by atomic mass is 14.1. The van der Waals surface area contributed by atoms with Gasteiger partial charge in [0.25, 0.3) is 0 Å². The number of rotatable bonds is 5. The van der Waals surface area contributed by atoms with Crippen LogP contribution >= 0.6 is 0 Å². The Hall–Kier alpha value is -0.520. The van der Waals surface area contributed by atoms with Gasteiger partial charge in [-0.15, -0.1) is 0 Å². The van der Waals surface area contributed by atoms with Crippen molar-refractivity contribution in [2.75, 3.05) is 0 Å². The van der Waals surface area contributed by atoms with Crippen LogP contribution in [0.1, 0.15) is 52.9 Å². The first-order chi connectivity index (χ1) is 6.74. The van der Waals surface area contributed by atoms with E-state index in [0.29, 0.717) is 5.92 Å². The van der Waals surface area contributed by atoms with Gasteiger partial charge in [0.05, 0.1) is 0 Å². The Kier molecular flexibility index (Phi) is 5.00. The molecule has 1 aliphatic rings. The molecule has 0 aliphatic heterocycles. The van der Waals surface area contributed by atoms with Gasteiger partial charge in [0.2, 0.25) is 0 Å². The lowest BCUT2D eigenvalue weighted by Gasteiger charge is -2.17. The molecule has 1 unspecified atom stereocenters. The topological polar surface area (TPSA) is 0 Å². The zero-order chi connectivity index (χ0) is 10.4. The SMILES string of the molecule is CCCCCC1C=CC(C(C)C)=CC1. The summed E-state index contributed by atoms with van der Waals surface area (Å²) in [5.41, 5.74) is 1.52. The molecular formula is C14H24. The molecule has 1 aliphatic carbocycles. The quantitative estimate of drug-likeness (QED) is 0.553. The minimum Gasteiger partial charge on any atom is -0.0808 e. The standard InChI is InChI=1S/C14H24/c1-4-5-6-7-13-8-10-14(11-9-13)12(2)3/h8,10-13H,4-7,9H2,1-3H3. The van der Waals surface area contributed by atoms with Gasteiger partial charge in [-0.25, -0.2) is 0 Å². The fraction of sp³-hybridized carbons (Fsp3) is 0.714. The molecule has 0 heteroatoms. The van der Waals surface area contributed by atoms with E-state index in [-0.39, 0.29) is 0 Å². The summed E-state index contributed by atoms with van der Waals surface area (Å²) in [4.78, 5) is 0. The lowest BCUT2D eigenvalue weighted by molar-refractivity contribution is 0.536. The van der Waals surface area contributed by atoms with Crippen molar-refractivity contribution < 1.29 is 0 Å². The van der Waals surface area contributed by atoms with E-state index in [9.17, 15) is 0 Å². The van der Waals surface area contributed by atoms with E-state index in [1.165, 1.54) is 37.7 Å². The second kappa shape index (κ2) is 6.06. The smallest absolute Gasteiger partial charge is 0.0195 e. The van der Waals surface area contributed by atoms with Crippen LogP contribution in [0.2, 0.25) is 0 Å². The van der Waals surface area contributed by atoms with Crippen molar-refractivity contribution in [1.82, 2.24) is 0 Å². The molecule has 0 amide bonds. The Bertz CT molecular complexity index is 208. The van der Waals surface area contributed by atoms with Gasteiger partial charge < -0.3 is 0 Å². The molecule has 80 valence electrons. The lowest BCUT2D eigenvalue weighted by Crippen LogP contribution is -2.02. The fourth-order valence-corrected chi connectivity index (χ4v) is 1.98. The first kappa shape index (κ1) is 11.6. The van der Waals surface area contributed by atoms with Gasteiger partial charge >= 0.3 is 0 Å². The highest BCUT2D eigenvalue weighted by Gasteiger charge is 2.09. The summed E-state index contributed by atoms with van der Waals surface area (Å²) in [7, 11) is 0. The average molecular weight is 192 g/mol. The van der Waals surface area contributed by atoms with Crippen LogP contribution in [-0.2, 0) is 0 Å². The zero-order valence-electron chi connectivity index (χ0n) is 9.92. The molecule has 0 saturated heterocycles. The van der Waals surface area contributed by atoms with Gasteiger partial charge in [-0.2, -0.15) is 0 Å². The third kappa shape index (κ3) is 3.69. The second-order valence-corrected chi connectivity index (χ2v) is 4.71. The minimum absolute atomic E-state index is 0.697. The molecule has 0 radical (unpaired) electrons. The molecule has 1 rings (SSSR count). The first-order valence-electron chi connectivity index (χ1n) is 6.12. The van der Waals surface area contributed by atoms with E-state index in [0.717, 1.165) is 5.92 Å². The van der Waals surface area contributed by atoms with E-state index in [1.807, 2.05) is 0 Å². The monoisotopic (exact) mass is 192 g/mol. The number of unbranched alkanes of at least 4 members (excludes halogenated alkanes) is 2. The third-order valence-corrected chi connectivity index (χ3v) is 3.06. The normalized spacial score (nSPS) is 21.4. The molecule has 1 atom stereocenters. The van der Waals surface area contributed by atoms with Crippen molar-refractivity contribution in [3.8, 4) is 0 Å². The molecule has 0 saturated carbocycles. The Balaban J connectivity index is 2.26. The molecule has 0 aromatic carbocycles. The molecule has 0 aromatic heterocycles. The van der Waals surface area contributed by atoms with Crippen LogP contribution < -0.4 is 0 Å². The van der Waals surface area contributed by atoms with Crippen molar-refractivity contribution >= 4 is 0 Å². The third-order valence-electron chi connectivity index (χ3n) is 3.06. The lowest BCUT2D eigenvalue weighted by atomic mass is 9.88. The van der Waals surface area contributed by atoms with Crippen molar-refractivity contribution in [3.63, 3.8) is 0 Å². The summed E-state index contributed by atoms with van der Waals surface area (Å²) < 4.78 is 0. The number of hydrogen-bond acceptors (Lipinski definition) is 0. The predicted molar refractivity (Wildman–Crippen MR) is 64.3 cm³/mol. The first-order valence-corrected chi connectivity index (χ1v) is 6.12. The van der Waals surface area contributed by atoms with E-state index in [4.69, 9.17) is 0 Å². The van der Waals surface area contributed by atoms with E-state index in [1.54, 1.807) is 0 Å². The van der Waals surface area contributed by atoms with E-state index in [2.05, 4.69) is 39.0 Å². The molecule has 0 fully saturated rings. The van der Waals surface area contributed by atoms with Gasteiger partial charge in [0, 0.05) is 0 Å². The Labute approximate surface area is 89.1 Å². The van der Waals surface area contributed by atoms with Crippen molar-refractivity contribution in [3.05, 3.63) is 23.8 Å². The van der Waals surface area contributed by atoms with Crippen LogP contribution in [0.4, 0.5) is 0 Å². The van der Waals surface area contributed by atoms with Crippen LogP contribution in [0, 0.1) is 11.8 Å². The van der Waals surface area contributed by atoms with Crippen molar-refractivity contribution in [2.24, 2.45) is 11.8 Å². The Morgan fingerprint density at radius 3 is 2.64 bits per heavy atom. The average Bonchev–Trinajstić information content (AvgIpc) is 2.19. The summed E-state index contributed by atoms with van der Waals surface area (Å²) in [6, 6.07) is 0. The van der Waals surface area contributed by atoms with E-state index < -0.39 is 0 Å². The van der Waals surface area contributed by atoms with Crippen molar-refractivity contribution in [1.29, 1.82) is 0 Å². The van der Waals surface area contributed by atoms with Gasteiger partial charge in [-0.1, -0.05) is 58.3 Å². The maximum atomic E-state index is 2.43. The summed E-state index contributed by atoms with van der Waals surface area (Å²) in [6.45, 7) is 6.81. The maximum Gasteiger partial charge on any atom is -0.0195 e. The summed E-state index contributed by atoms with van der Waals surface area (Å²) in [5.74, 6) is 1.52. The van der Waals surface area contributed by atoms with Crippen molar-refractivity contribution in [2.45, 2.75) is 52.9 Å². The summed E-state index contributed by atoms with van der Waals surface area (Å²) >= 11 is 0. The van der Waals surface area contributed by atoms with Crippen LogP contribution in [0.5, 0.6) is 0 Å². The highest BCUT2D eigenvalue weighted by Crippen LogP contribution is 2.24. The molecule has 0 nitrogen and oxygen atoms in total. The number of hydrogen-bond donors (Lipinski definition) is 0. The van der Waals surface area contributed by atoms with Gasteiger partial charge in [-0.05, 0) is 30.3 Å². The van der Waals surface area contributed by atoms with Gasteiger partial charge in [-0.3, -0.25) is 0 Å². The predicted octanol–water partition coefficient (Wildman–Crippen LogP) is 4.73. The molecule has 0 bridgehead atoms. The van der Waals surface area contributed by atoms with E-state index >= 15 is 0 Å². The van der Waals surface area contributed by atoms with Gasteiger partial charge in [0.1, 0.15) is 0 Å². The largest absolute Gasteiger partial charge is 0.0808 e. The van der Waals surface area contributed by atoms with Crippen LogP contribution in [0.15, 0.2) is 23.8 Å². The molecule has 14 heavy (non-hydrogen) atoms. The minimum atomic E-state index is 0.697. The molecule has 0 aromatic rings. The van der Waals surface area contributed by atoms with Crippen LogP contribution in [0.25, 0.3) is 0 Å². The fourth-order valence-electron chi connectivity index (χ4n) is 1.98. The van der Waals surface area contributed by atoms with Gasteiger partial charge in [0.15, 0.2) is 0 Å². The highest BCUT2D eigenvalue weighted by molar-refractivity contribution is 5.25. The number of allylic oxidation sites excluding steroid dienone is 4. The summed E-state index contributed by atoms with van der Waals surface area (Å²) in [5, 5.41) is 0. The second-order valence-electron chi connectivity index (χ2n) is 4.71. The molecule has 0 spiro atoms. The van der Waals surface area contributed by atoms with Crippen LogP contribution in [0.3, 0.4) is 0 Å².